The van der Waals surface area contributed by atoms with Gasteiger partial charge in [-0.15, -0.1) is 0 Å². The summed E-state index contributed by atoms with van der Waals surface area (Å²) in [5, 5.41) is 0. The number of cyclic esters (lactones) is 2. The van der Waals surface area contributed by atoms with Crippen molar-refractivity contribution in [3.63, 3.8) is 0 Å². The Kier molecular flexibility index (Phi) is 9.00. The van der Waals surface area contributed by atoms with Gasteiger partial charge in [0.25, 0.3) is 0 Å². The summed E-state index contributed by atoms with van der Waals surface area (Å²) in [7, 11) is 0. The number of hydrogen-bond acceptors (Lipinski definition) is 5. The molecule has 0 unspecified atom stereocenters. The van der Waals surface area contributed by atoms with Crippen molar-refractivity contribution in [1.29, 1.82) is 0 Å². The molecule has 0 saturated carbocycles. The molecule has 0 amide bonds. The molecule has 0 radical (unpaired) electrons. The van der Waals surface area contributed by atoms with E-state index in [2.05, 4.69) is 6.92 Å². The van der Waals surface area contributed by atoms with E-state index in [0.29, 0.717) is 6.61 Å². The minimum Gasteiger partial charge on any atom is -0.465 e. The lowest BCUT2D eigenvalue weighted by Gasteiger charge is -2.29. The fraction of sp³-hybridized carbons (Fsp3) is 0.857. The SMILES string of the molecule is CC.CCCCCCOC(=O)C1(C)COC(=O)OC1. The monoisotopic (exact) mass is 274 g/mol. The molecule has 1 aliphatic heterocycles. The topological polar surface area (TPSA) is 61.8 Å². The molecule has 0 aromatic rings. The second-order valence-electron chi connectivity index (χ2n) is 4.58. The van der Waals surface area contributed by atoms with Crippen molar-refractivity contribution in [2.75, 3.05) is 19.8 Å². The molecule has 1 fully saturated rings. The number of rotatable bonds is 6. The highest BCUT2D eigenvalue weighted by Gasteiger charge is 2.41. The van der Waals surface area contributed by atoms with Gasteiger partial charge in [-0.1, -0.05) is 40.0 Å². The molecule has 1 heterocycles. The first kappa shape index (κ1) is 17.7. The average molecular weight is 274 g/mol. The first-order valence-corrected chi connectivity index (χ1v) is 7.05. The molecule has 0 aromatic carbocycles. The molecule has 1 aliphatic rings. The van der Waals surface area contributed by atoms with E-state index in [1.54, 1.807) is 6.92 Å². The number of carbonyl (C=O) groups excluding carboxylic acids is 2. The van der Waals surface area contributed by atoms with Crippen LogP contribution in [0.15, 0.2) is 0 Å². The van der Waals surface area contributed by atoms with Crippen molar-refractivity contribution >= 4 is 12.1 Å². The van der Waals surface area contributed by atoms with E-state index in [1.807, 2.05) is 13.8 Å². The lowest BCUT2D eigenvalue weighted by molar-refractivity contribution is -0.166. The van der Waals surface area contributed by atoms with E-state index in [9.17, 15) is 9.59 Å². The molecule has 5 nitrogen and oxygen atoms in total. The zero-order chi connectivity index (χ0) is 14.7. The highest BCUT2D eigenvalue weighted by Crippen LogP contribution is 2.24. The van der Waals surface area contributed by atoms with Crippen LogP contribution < -0.4 is 0 Å². The Morgan fingerprint density at radius 1 is 1.21 bits per heavy atom. The van der Waals surface area contributed by atoms with E-state index in [1.165, 1.54) is 0 Å². The molecular formula is C14H26O5. The van der Waals surface area contributed by atoms with Crippen LogP contribution in [-0.2, 0) is 19.0 Å². The van der Waals surface area contributed by atoms with Gasteiger partial charge in [0.2, 0.25) is 0 Å². The van der Waals surface area contributed by atoms with Gasteiger partial charge in [0.05, 0.1) is 6.61 Å². The molecule has 19 heavy (non-hydrogen) atoms. The normalized spacial score (nSPS) is 16.5. The minimum absolute atomic E-state index is 0.0274. The van der Waals surface area contributed by atoms with Crippen LogP contribution in [0.5, 0.6) is 0 Å². The largest absolute Gasteiger partial charge is 0.508 e. The van der Waals surface area contributed by atoms with Gasteiger partial charge < -0.3 is 14.2 Å². The molecule has 5 heteroatoms. The Bertz CT molecular complexity index is 265. The molecule has 1 saturated heterocycles. The molecule has 0 N–H and O–H groups in total. The van der Waals surface area contributed by atoms with Crippen LogP contribution >= 0.6 is 0 Å². The fourth-order valence-electron chi connectivity index (χ4n) is 1.51. The Hall–Kier alpha value is -1.26. The summed E-state index contributed by atoms with van der Waals surface area (Å²) >= 11 is 0. The lowest BCUT2D eigenvalue weighted by Crippen LogP contribution is -2.44. The van der Waals surface area contributed by atoms with Crippen LogP contribution in [-0.4, -0.2) is 31.9 Å². The van der Waals surface area contributed by atoms with Crippen molar-refractivity contribution in [1.82, 2.24) is 0 Å². The zero-order valence-corrected chi connectivity index (χ0v) is 12.5. The quantitative estimate of drug-likeness (QED) is 0.549. The van der Waals surface area contributed by atoms with Gasteiger partial charge in [0.15, 0.2) is 0 Å². The Balaban J connectivity index is 0.00000154. The number of carbonyl (C=O) groups is 2. The number of ether oxygens (including phenoxy) is 3. The maximum Gasteiger partial charge on any atom is 0.508 e. The Morgan fingerprint density at radius 2 is 1.79 bits per heavy atom. The molecule has 0 atom stereocenters. The van der Waals surface area contributed by atoms with Crippen molar-refractivity contribution in [2.24, 2.45) is 5.41 Å². The van der Waals surface area contributed by atoms with E-state index in [4.69, 9.17) is 14.2 Å². The second-order valence-corrected chi connectivity index (χ2v) is 4.58. The zero-order valence-electron chi connectivity index (χ0n) is 12.5. The Labute approximate surface area is 115 Å². The van der Waals surface area contributed by atoms with Crippen molar-refractivity contribution in [2.45, 2.75) is 53.4 Å². The van der Waals surface area contributed by atoms with Crippen molar-refractivity contribution in [3.8, 4) is 0 Å². The summed E-state index contributed by atoms with van der Waals surface area (Å²) < 4.78 is 14.6. The van der Waals surface area contributed by atoms with Gasteiger partial charge in [-0.05, 0) is 13.3 Å². The predicted octanol–water partition coefficient (Wildman–Crippen LogP) is 3.31. The van der Waals surface area contributed by atoms with E-state index in [-0.39, 0.29) is 19.2 Å². The summed E-state index contributed by atoms with van der Waals surface area (Å²) in [5.41, 5.74) is -0.862. The smallest absolute Gasteiger partial charge is 0.465 e. The number of unbranched alkanes of at least 4 members (excludes halogenated alkanes) is 3. The van der Waals surface area contributed by atoms with Gasteiger partial charge in [-0.2, -0.15) is 0 Å². The molecule has 0 bridgehead atoms. The van der Waals surface area contributed by atoms with Gasteiger partial charge in [0, 0.05) is 0 Å². The first-order valence-electron chi connectivity index (χ1n) is 7.05. The van der Waals surface area contributed by atoms with E-state index < -0.39 is 11.6 Å². The summed E-state index contributed by atoms with van der Waals surface area (Å²) in [6.07, 6.45) is 3.51. The maximum absolute atomic E-state index is 11.8. The van der Waals surface area contributed by atoms with Crippen LogP contribution in [0.1, 0.15) is 53.4 Å². The van der Waals surface area contributed by atoms with E-state index >= 15 is 0 Å². The second kappa shape index (κ2) is 9.64. The third-order valence-electron chi connectivity index (χ3n) is 2.74. The summed E-state index contributed by atoms with van der Waals surface area (Å²) in [4.78, 5) is 22.5. The van der Waals surface area contributed by atoms with Crippen LogP contribution in [0, 0.1) is 5.41 Å². The van der Waals surface area contributed by atoms with Crippen molar-refractivity contribution in [3.05, 3.63) is 0 Å². The maximum atomic E-state index is 11.8. The van der Waals surface area contributed by atoms with Crippen LogP contribution in [0.3, 0.4) is 0 Å². The lowest BCUT2D eigenvalue weighted by atomic mass is 9.93. The molecule has 112 valence electrons. The molecule has 0 aromatic heterocycles. The third-order valence-corrected chi connectivity index (χ3v) is 2.74. The van der Waals surface area contributed by atoms with Crippen molar-refractivity contribution < 1.29 is 23.8 Å². The standard InChI is InChI=1S/C12H20O5.C2H6/c1-3-4-5-6-7-15-10(13)12(2)8-16-11(14)17-9-12;1-2/h3-9H2,1-2H3;1-2H3. The predicted molar refractivity (Wildman–Crippen MR) is 71.9 cm³/mol. The molecule has 0 spiro atoms. The summed E-state index contributed by atoms with van der Waals surface area (Å²) in [6, 6.07) is 0. The van der Waals surface area contributed by atoms with Gasteiger partial charge >= 0.3 is 12.1 Å². The summed E-state index contributed by atoms with van der Waals surface area (Å²) in [5.74, 6) is -0.360. The first-order chi connectivity index (χ1) is 9.08. The molecular weight excluding hydrogens is 248 g/mol. The average Bonchev–Trinajstić information content (AvgIpc) is 2.44. The third kappa shape index (κ3) is 6.45. The summed E-state index contributed by atoms with van der Waals surface area (Å²) in [6.45, 7) is 8.27. The molecule has 0 aliphatic carbocycles. The van der Waals surface area contributed by atoms with Gasteiger partial charge in [-0.3, -0.25) is 4.79 Å². The highest BCUT2D eigenvalue weighted by atomic mass is 16.7. The minimum atomic E-state index is -0.862. The van der Waals surface area contributed by atoms with Crippen LogP contribution in [0.2, 0.25) is 0 Å². The van der Waals surface area contributed by atoms with Gasteiger partial charge in [0.1, 0.15) is 18.6 Å². The van der Waals surface area contributed by atoms with Gasteiger partial charge in [-0.25, -0.2) is 4.79 Å². The van der Waals surface area contributed by atoms with E-state index in [0.717, 1.165) is 25.7 Å². The highest BCUT2D eigenvalue weighted by molar-refractivity contribution is 5.78. The number of hydrogen-bond donors (Lipinski definition) is 0. The Morgan fingerprint density at radius 3 is 2.32 bits per heavy atom. The fourth-order valence-corrected chi connectivity index (χ4v) is 1.51. The molecule has 1 rings (SSSR count). The van der Waals surface area contributed by atoms with Crippen LogP contribution in [0.4, 0.5) is 4.79 Å². The number of esters is 1. The van der Waals surface area contributed by atoms with Crippen LogP contribution in [0.25, 0.3) is 0 Å².